The van der Waals surface area contributed by atoms with E-state index in [1.165, 1.54) is 10.6 Å². The molecule has 7 nitrogen and oxygen atoms in total. The van der Waals surface area contributed by atoms with Crippen molar-refractivity contribution in [1.29, 1.82) is 0 Å². The molecule has 21 heavy (non-hydrogen) atoms. The number of rotatable bonds is 6. The van der Waals surface area contributed by atoms with Gasteiger partial charge in [0.2, 0.25) is 0 Å². The number of hydrogen-bond acceptors (Lipinski definition) is 5. The molecule has 0 fully saturated rings. The van der Waals surface area contributed by atoms with Crippen molar-refractivity contribution in [2.24, 2.45) is 0 Å². The molecule has 0 saturated carbocycles. The fourth-order valence-corrected chi connectivity index (χ4v) is 2.08. The van der Waals surface area contributed by atoms with E-state index in [1.54, 1.807) is 23.2 Å². The molecule has 0 aliphatic heterocycles. The summed E-state index contributed by atoms with van der Waals surface area (Å²) in [4.78, 5) is 32.5. The van der Waals surface area contributed by atoms with Crippen LogP contribution in [0.2, 0.25) is 0 Å². The Hall–Kier alpha value is -2.44. The summed E-state index contributed by atoms with van der Waals surface area (Å²) in [6.07, 6.45) is 6.17. The highest BCUT2D eigenvalue weighted by Crippen LogP contribution is 2.10. The van der Waals surface area contributed by atoms with Gasteiger partial charge >= 0.3 is 5.69 Å². The van der Waals surface area contributed by atoms with Crippen molar-refractivity contribution in [1.82, 2.24) is 19.1 Å². The Bertz CT molecular complexity index is 706. The largest absolute Gasteiger partial charge is 0.332 e. The van der Waals surface area contributed by atoms with Crippen LogP contribution in [-0.4, -0.2) is 19.1 Å². The van der Waals surface area contributed by atoms with Gasteiger partial charge in [0.1, 0.15) is 11.6 Å². The number of aromatic nitrogens is 4. The van der Waals surface area contributed by atoms with Gasteiger partial charge in [0.25, 0.3) is 5.56 Å². The average Bonchev–Trinajstić information content (AvgIpc) is 2.48. The van der Waals surface area contributed by atoms with Crippen LogP contribution in [0, 0.1) is 0 Å². The molecule has 112 valence electrons. The standard InChI is InChI=1S/C14H19N5O2/c1-3-7-18-12(17-11-10-15-5-6-16-11)9-13(20)19(8-4-2)14(18)21/h5-6,9-10H,3-4,7-8H2,1-2H3,(H,16,17). The van der Waals surface area contributed by atoms with E-state index >= 15 is 0 Å². The maximum absolute atomic E-state index is 12.4. The highest BCUT2D eigenvalue weighted by molar-refractivity contribution is 5.50. The Morgan fingerprint density at radius 2 is 1.81 bits per heavy atom. The summed E-state index contributed by atoms with van der Waals surface area (Å²) in [7, 11) is 0. The average molecular weight is 289 g/mol. The molecule has 1 N–H and O–H groups in total. The van der Waals surface area contributed by atoms with Crippen molar-refractivity contribution in [2.75, 3.05) is 5.32 Å². The lowest BCUT2D eigenvalue weighted by Crippen LogP contribution is -2.40. The second kappa shape index (κ2) is 6.83. The Balaban J connectivity index is 2.50. The van der Waals surface area contributed by atoms with Gasteiger partial charge < -0.3 is 5.32 Å². The number of hydrogen-bond donors (Lipinski definition) is 1. The van der Waals surface area contributed by atoms with Crippen molar-refractivity contribution in [2.45, 2.75) is 39.8 Å². The summed E-state index contributed by atoms with van der Waals surface area (Å²) in [6, 6.07) is 1.43. The third-order valence-corrected chi connectivity index (χ3v) is 2.99. The van der Waals surface area contributed by atoms with Gasteiger partial charge in [-0.15, -0.1) is 0 Å². The molecule has 2 aromatic rings. The van der Waals surface area contributed by atoms with Crippen LogP contribution in [0.25, 0.3) is 0 Å². The second-order valence-corrected chi connectivity index (χ2v) is 4.67. The first kappa shape index (κ1) is 15.0. The molecule has 0 unspecified atom stereocenters. The predicted molar refractivity (Wildman–Crippen MR) is 80.9 cm³/mol. The summed E-state index contributed by atoms with van der Waals surface area (Å²) in [5.74, 6) is 0.939. The Kier molecular flexibility index (Phi) is 4.86. The molecule has 0 saturated heterocycles. The summed E-state index contributed by atoms with van der Waals surface area (Å²) < 4.78 is 2.82. The smallest absolute Gasteiger partial charge is 0.325 e. The van der Waals surface area contributed by atoms with Crippen LogP contribution < -0.4 is 16.6 Å². The van der Waals surface area contributed by atoms with Crippen molar-refractivity contribution in [3.63, 3.8) is 0 Å². The fraction of sp³-hybridized carbons (Fsp3) is 0.429. The lowest BCUT2D eigenvalue weighted by atomic mass is 10.4. The lowest BCUT2D eigenvalue weighted by molar-refractivity contribution is 0.545. The SMILES string of the molecule is CCCn1c(Nc2cnccn2)cc(=O)n(CCC)c1=O. The summed E-state index contributed by atoms with van der Waals surface area (Å²) in [6.45, 7) is 4.87. The highest BCUT2D eigenvalue weighted by Gasteiger charge is 2.11. The van der Waals surface area contributed by atoms with Gasteiger partial charge in [-0.3, -0.25) is 18.9 Å². The van der Waals surface area contributed by atoms with Gasteiger partial charge in [-0.05, 0) is 12.8 Å². The van der Waals surface area contributed by atoms with Crippen LogP contribution in [0.1, 0.15) is 26.7 Å². The number of nitrogens with zero attached hydrogens (tertiary/aromatic N) is 4. The topological polar surface area (TPSA) is 81.8 Å². The first-order valence-corrected chi connectivity index (χ1v) is 7.05. The molecule has 2 heterocycles. The molecule has 0 aliphatic carbocycles. The molecule has 0 amide bonds. The molecular formula is C14H19N5O2. The Labute approximate surface area is 122 Å². The van der Waals surface area contributed by atoms with Crippen LogP contribution in [0.5, 0.6) is 0 Å². The molecule has 0 aromatic carbocycles. The van der Waals surface area contributed by atoms with Crippen LogP contribution >= 0.6 is 0 Å². The zero-order chi connectivity index (χ0) is 15.2. The monoisotopic (exact) mass is 289 g/mol. The van der Waals surface area contributed by atoms with Gasteiger partial charge in [-0.2, -0.15) is 0 Å². The van der Waals surface area contributed by atoms with E-state index in [2.05, 4.69) is 15.3 Å². The lowest BCUT2D eigenvalue weighted by Gasteiger charge is -2.15. The van der Waals surface area contributed by atoms with E-state index in [1.807, 2.05) is 13.8 Å². The maximum atomic E-state index is 12.4. The van der Waals surface area contributed by atoms with Gasteiger partial charge in [0.05, 0.1) is 6.20 Å². The first-order chi connectivity index (χ1) is 10.2. The van der Waals surface area contributed by atoms with E-state index < -0.39 is 0 Å². The Morgan fingerprint density at radius 1 is 1.10 bits per heavy atom. The summed E-state index contributed by atoms with van der Waals surface area (Å²) in [5, 5.41) is 2.98. The van der Waals surface area contributed by atoms with Crippen molar-refractivity contribution < 1.29 is 0 Å². The molecule has 0 spiro atoms. The van der Waals surface area contributed by atoms with Gasteiger partial charge in [-0.1, -0.05) is 13.8 Å². The molecule has 0 aliphatic rings. The normalized spacial score (nSPS) is 10.6. The summed E-state index contributed by atoms with van der Waals surface area (Å²) in [5.41, 5.74) is -0.599. The highest BCUT2D eigenvalue weighted by atomic mass is 16.2. The molecule has 0 bridgehead atoms. The number of nitrogens with one attached hydrogen (secondary N) is 1. The van der Waals surface area contributed by atoms with Crippen LogP contribution in [-0.2, 0) is 13.1 Å². The zero-order valence-electron chi connectivity index (χ0n) is 12.2. The minimum atomic E-state index is -0.305. The molecule has 7 heteroatoms. The van der Waals surface area contributed by atoms with Gasteiger partial charge in [0, 0.05) is 31.5 Å². The predicted octanol–water partition coefficient (Wildman–Crippen LogP) is 1.36. The fourth-order valence-electron chi connectivity index (χ4n) is 2.08. The Morgan fingerprint density at radius 3 is 2.43 bits per heavy atom. The van der Waals surface area contributed by atoms with Crippen molar-refractivity contribution in [3.05, 3.63) is 45.5 Å². The van der Waals surface area contributed by atoms with E-state index in [0.717, 1.165) is 12.8 Å². The zero-order valence-corrected chi connectivity index (χ0v) is 12.2. The van der Waals surface area contributed by atoms with E-state index in [4.69, 9.17) is 0 Å². The van der Waals surface area contributed by atoms with E-state index in [9.17, 15) is 9.59 Å². The van der Waals surface area contributed by atoms with Crippen LogP contribution in [0.3, 0.4) is 0 Å². The van der Waals surface area contributed by atoms with Crippen LogP contribution in [0.15, 0.2) is 34.2 Å². The minimum absolute atomic E-state index is 0.294. The quantitative estimate of drug-likeness (QED) is 0.868. The third kappa shape index (κ3) is 3.36. The van der Waals surface area contributed by atoms with Crippen molar-refractivity contribution in [3.8, 4) is 0 Å². The molecule has 2 aromatic heterocycles. The van der Waals surface area contributed by atoms with Gasteiger partial charge in [0.15, 0.2) is 0 Å². The van der Waals surface area contributed by atoms with E-state index in [-0.39, 0.29) is 11.2 Å². The van der Waals surface area contributed by atoms with Crippen LogP contribution in [0.4, 0.5) is 11.6 Å². The number of anilines is 2. The summed E-state index contributed by atoms with van der Waals surface area (Å²) >= 11 is 0. The molecule has 0 atom stereocenters. The molecule has 0 radical (unpaired) electrons. The minimum Gasteiger partial charge on any atom is -0.325 e. The van der Waals surface area contributed by atoms with E-state index in [0.29, 0.717) is 24.7 Å². The third-order valence-electron chi connectivity index (χ3n) is 2.99. The first-order valence-electron chi connectivity index (χ1n) is 7.05. The molecule has 2 rings (SSSR count). The molecular weight excluding hydrogens is 270 g/mol. The second-order valence-electron chi connectivity index (χ2n) is 4.67. The maximum Gasteiger partial charge on any atom is 0.332 e. The van der Waals surface area contributed by atoms with Gasteiger partial charge in [-0.25, -0.2) is 9.78 Å². The van der Waals surface area contributed by atoms with Crippen molar-refractivity contribution >= 4 is 11.6 Å².